The van der Waals surface area contributed by atoms with Gasteiger partial charge in [0.15, 0.2) is 0 Å². The monoisotopic (exact) mass is 244 g/mol. The Bertz CT molecular complexity index is 473. The van der Waals surface area contributed by atoms with E-state index in [9.17, 15) is 0 Å². The molecular weight excluding hydrogens is 224 g/mol. The molecule has 96 valence electrons. The van der Waals surface area contributed by atoms with Gasteiger partial charge in [-0.3, -0.25) is 4.68 Å². The second-order valence-electron chi connectivity index (χ2n) is 4.37. The van der Waals surface area contributed by atoms with Crippen LogP contribution in [0.5, 0.6) is 0 Å². The van der Waals surface area contributed by atoms with Crippen LogP contribution in [0.15, 0.2) is 30.5 Å². The van der Waals surface area contributed by atoms with Crippen LogP contribution in [0.4, 0.5) is 5.69 Å². The molecule has 0 fully saturated rings. The van der Waals surface area contributed by atoms with Gasteiger partial charge in [-0.15, -0.1) is 5.10 Å². The Kier molecular flexibility index (Phi) is 4.34. The van der Waals surface area contributed by atoms with Crippen molar-refractivity contribution in [2.45, 2.75) is 33.2 Å². The average molecular weight is 244 g/mol. The molecule has 0 spiro atoms. The molecule has 0 aliphatic heterocycles. The summed E-state index contributed by atoms with van der Waals surface area (Å²) in [5.41, 5.74) is 3.20. The second-order valence-corrected chi connectivity index (χ2v) is 4.37. The molecule has 18 heavy (non-hydrogen) atoms. The molecule has 0 aliphatic carbocycles. The lowest BCUT2D eigenvalue weighted by molar-refractivity contribution is 0.579. The van der Waals surface area contributed by atoms with Gasteiger partial charge in [0, 0.05) is 24.3 Å². The summed E-state index contributed by atoms with van der Waals surface area (Å²) < 4.78 is 1.89. The number of rotatable bonds is 6. The molecule has 0 amide bonds. The van der Waals surface area contributed by atoms with Crippen LogP contribution in [0, 0.1) is 0 Å². The topological polar surface area (TPSA) is 42.7 Å². The van der Waals surface area contributed by atoms with E-state index in [1.165, 1.54) is 0 Å². The summed E-state index contributed by atoms with van der Waals surface area (Å²) in [5.74, 6) is 0. The predicted molar refractivity (Wildman–Crippen MR) is 74.5 cm³/mol. The van der Waals surface area contributed by atoms with E-state index < -0.39 is 0 Å². The summed E-state index contributed by atoms with van der Waals surface area (Å²) in [4.78, 5) is 0. The molecule has 0 atom stereocenters. The smallest absolute Gasteiger partial charge is 0.113 e. The van der Waals surface area contributed by atoms with Crippen LogP contribution in [-0.4, -0.2) is 21.5 Å². The Morgan fingerprint density at radius 3 is 2.56 bits per heavy atom. The molecule has 1 N–H and O–H groups in total. The fourth-order valence-corrected chi connectivity index (χ4v) is 1.80. The molecule has 2 aromatic rings. The third-order valence-electron chi connectivity index (χ3n) is 2.75. The van der Waals surface area contributed by atoms with Crippen molar-refractivity contribution in [3.8, 4) is 11.3 Å². The molecule has 1 heterocycles. The molecule has 1 aromatic carbocycles. The molecule has 0 aliphatic rings. The highest BCUT2D eigenvalue weighted by Gasteiger charge is 2.03. The lowest BCUT2D eigenvalue weighted by Crippen LogP contribution is -1.98. The van der Waals surface area contributed by atoms with Gasteiger partial charge in [-0.05, 0) is 25.0 Å². The first-order valence-corrected chi connectivity index (χ1v) is 6.58. The minimum atomic E-state index is 0.920. The third-order valence-corrected chi connectivity index (χ3v) is 2.75. The van der Waals surface area contributed by atoms with E-state index in [2.05, 4.69) is 53.7 Å². The van der Waals surface area contributed by atoms with Crippen molar-refractivity contribution in [2.24, 2.45) is 0 Å². The van der Waals surface area contributed by atoms with Crippen LogP contribution >= 0.6 is 0 Å². The van der Waals surface area contributed by atoms with Gasteiger partial charge in [0.05, 0.1) is 6.20 Å². The van der Waals surface area contributed by atoms with Crippen LogP contribution in [0.1, 0.15) is 26.7 Å². The van der Waals surface area contributed by atoms with E-state index in [0.717, 1.165) is 42.9 Å². The van der Waals surface area contributed by atoms with Crippen LogP contribution < -0.4 is 5.32 Å². The number of aryl methyl sites for hydroxylation is 1. The first-order valence-electron chi connectivity index (χ1n) is 6.58. The fraction of sp³-hybridized carbons (Fsp3) is 0.429. The zero-order valence-electron chi connectivity index (χ0n) is 11.1. The highest BCUT2D eigenvalue weighted by atomic mass is 15.4. The molecule has 2 rings (SSSR count). The largest absolute Gasteiger partial charge is 0.385 e. The first-order chi connectivity index (χ1) is 8.83. The Balaban J connectivity index is 2.07. The summed E-state index contributed by atoms with van der Waals surface area (Å²) in [6.45, 7) is 6.22. The number of nitrogens with one attached hydrogen (secondary N) is 1. The van der Waals surface area contributed by atoms with E-state index in [1.807, 2.05) is 10.9 Å². The maximum absolute atomic E-state index is 4.19. The minimum Gasteiger partial charge on any atom is -0.385 e. The van der Waals surface area contributed by atoms with Gasteiger partial charge < -0.3 is 5.32 Å². The molecule has 0 saturated heterocycles. The molecular formula is C14H20N4. The summed E-state index contributed by atoms with van der Waals surface area (Å²) in [7, 11) is 0. The van der Waals surface area contributed by atoms with Gasteiger partial charge in [-0.25, -0.2) is 0 Å². The summed E-state index contributed by atoms with van der Waals surface area (Å²) >= 11 is 0. The van der Waals surface area contributed by atoms with Crippen molar-refractivity contribution in [1.29, 1.82) is 0 Å². The lowest BCUT2D eigenvalue weighted by atomic mass is 10.1. The maximum Gasteiger partial charge on any atom is 0.113 e. The van der Waals surface area contributed by atoms with Crippen LogP contribution in [0.25, 0.3) is 11.3 Å². The standard InChI is InChI=1S/C14H20N4/c1-3-9-15-13-7-5-12(6-8-13)14-11-18(10-4-2)17-16-14/h5-8,11,15H,3-4,9-10H2,1-2H3. The van der Waals surface area contributed by atoms with E-state index in [4.69, 9.17) is 0 Å². The molecule has 4 nitrogen and oxygen atoms in total. The highest BCUT2D eigenvalue weighted by Crippen LogP contribution is 2.18. The number of hydrogen-bond donors (Lipinski definition) is 1. The Morgan fingerprint density at radius 1 is 1.11 bits per heavy atom. The minimum absolute atomic E-state index is 0.920. The van der Waals surface area contributed by atoms with Gasteiger partial charge >= 0.3 is 0 Å². The number of hydrogen-bond acceptors (Lipinski definition) is 3. The zero-order chi connectivity index (χ0) is 12.8. The maximum atomic E-state index is 4.19. The summed E-state index contributed by atoms with van der Waals surface area (Å²) in [6, 6.07) is 8.34. The van der Waals surface area contributed by atoms with Gasteiger partial charge in [-0.1, -0.05) is 31.2 Å². The Labute approximate surface area is 108 Å². The van der Waals surface area contributed by atoms with Crippen molar-refractivity contribution in [1.82, 2.24) is 15.0 Å². The number of benzene rings is 1. The van der Waals surface area contributed by atoms with Crippen molar-refractivity contribution < 1.29 is 0 Å². The zero-order valence-corrected chi connectivity index (χ0v) is 11.1. The van der Waals surface area contributed by atoms with Gasteiger partial charge in [-0.2, -0.15) is 0 Å². The van der Waals surface area contributed by atoms with Crippen LogP contribution in [-0.2, 0) is 6.54 Å². The quantitative estimate of drug-likeness (QED) is 0.848. The molecule has 0 unspecified atom stereocenters. The number of aromatic nitrogens is 3. The first kappa shape index (κ1) is 12.6. The van der Waals surface area contributed by atoms with Crippen molar-refractivity contribution >= 4 is 5.69 Å². The second kappa shape index (κ2) is 6.19. The van der Waals surface area contributed by atoms with Crippen molar-refractivity contribution in [3.05, 3.63) is 30.5 Å². The van der Waals surface area contributed by atoms with E-state index in [0.29, 0.717) is 0 Å². The molecule has 1 aromatic heterocycles. The lowest BCUT2D eigenvalue weighted by Gasteiger charge is -2.04. The van der Waals surface area contributed by atoms with Gasteiger partial charge in [0.1, 0.15) is 5.69 Å². The van der Waals surface area contributed by atoms with E-state index >= 15 is 0 Å². The predicted octanol–water partition coefficient (Wildman–Crippen LogP) is 3.18. The van der Waals surface area contributed by atoms with Gasteiger partial charge in [0.2, 0.25) is 0 Å². The molecule has 4 heteroatoms. The Morgan fingerprint density at radius 2 is 1.89 bits per heavy atom. The third kappa shape index (κ3) is 3.09. The normalized spacial score (nSPS) is 10.6. The van der Waals surface area contributed by atoms with Gasteiger partial charge in [0.25, 0.3) is 0 Å². The molecule has 0 radical (unpaired) electrons. The summed E-state index contributed by atoms with van der Waals surface area (Å²) in [5, 5.41) is 11.7. The van der Waals surface area contributed by atoms with Crippen molar-refractivity contribution in [2.75, 3.05) is 11.9 Å². The number of anilines is 1. The SMILES string of the molecule is CCCNc1ccc(-c2cn(CCC)nn2)cc1. The van der Waals surface area contributed by atoms with Crippen LogP contribution in [0.3, 0.4) is 0 Å². The molecule has 0 bridgehead atoms. The highest BCUT2D eigenvalue weighted by molar-refractivity contribution is 5.61. The summed E-state index contributed by atoms with van der Waals surface area (Å²) in [6.07, 6.45) is 4.20. The number of nitrogens with zero attached hydrogens (tertiary/aromatic N) is 3. The fourth-order valence-electron chi connectivity index (χ4n) is 1.80. The van der Waals surface area contributed by atoms with E-state index in [-0.39, 0.29) is 0 Å². The van der Waals surface area contributed by atoms with Crippen LogP contribution in [0.2, 0.25) is 0 Å². The Hall–Kier alpha value is -1.84. The molecule has 0 saturated carbocycles. The average Bonchev–Trinajstić information content (AvgIpc) is 2.86. The van der Waals surface area contributed by atoms with E-state index in [1.54, 1.807) is 0 Å². The van der Waals surface area contributed by atoms with Crippen molar-refractivity contribution in [3.63, 3.8) is 0 Å².